The molecule has 1 aromatic rings. The summed E-state index contributed by atoms with van der Waals surface area (Å²) >= 11 is 17.0. The molecule has 0 aromatic carbocycles. The van der Waals surface area contributed by atoms with Gasteiger partial charge in [-0.05, 0) is 17.2 Å². The minimum absolute atomic E-state index is 0.388. The summed E-state index contributed by atoms with van der Waals surface area (Å²) < 4.78 is 0. The van der Waals surface area contributed by atoms with E-state index in [1.165, 1.54) is 0 Å². The summed E-state index contributed by atoms with van der Waals surface area (Å²) in [6.45, 7) is 0. The molecule has 0 radical (unpaired) electrons. The highest BCUT2D eigenvalue weighted by Crippen LogP contribution is 2.27. The number of alkyl halides is 3. The lowest BCUT2D eigenvalue weighted by atomic mass is 10.2. The van der Waals surface area contributed by atoms with E-state index in [9.17, 15) is 0 Å². The summed E-state index contributed by atoms with van der Waals surface area (Å²) in [6, 6.07) is 1.77. The molecule has 0 atom stereocenters. The molecule has 0 bridgehead atoms. The molecule has 1 heterocycles. The summed E-state index contributed by atoms with van der Waals surface area (Å²) in [6.07, 6.45) is 3.31. The first-order valence-electron chi connectivity index (χ1n) is 3.02. The van der Waals surface area contributed by atoms with Crippen molar-refractivity contribution >= 4 is 34.8 Å². The van der Waals surface area contributed by atoms with Crippen LogP contribution in [0, 0.1) is 0 Å². The first kappa shape index (κ1) is 9.11. The lowest BCUT2D eigenvalue weighted by Gasteiger charge is -2.05. The molecule has 0 aliphatic heterocycles. The van der Waals surface area contributed by atoms with Crippen molar-refractivity contribution in [3.8, 4) is 0 Å². The molecule has 4 heteroatoms. The Morgan fingerprint density at radius 2 is 2.18 bits per heavy atom. The average Bonchev–Trinajstić information content (AvgIpc) is 2.04. The second-order valence-electron chi connectivity index (χ2n) is 2.01. The van der Waals surface area contributed by atoms with Crippen LogP contribution >= 0.6 is 34.8 Å². The predicted octanol–water partition coefficient (Wildman–Crippen LogP) is 3.30. The Balaban J connectivity index is 3.02. The first-order valence-corrected chi connectivity index (χ1v) is 4.43. The highest BCUT2D eigenvalue weighted by molar-refractivity contribution is 6.44. The Morgan fingerprint density at radius 1 is 1.45 bits per heavy atom. The number of hydrogen-bond donors (Lipinski definition) is 0. The minimum atomic E-state index is -0.522. The molecule has 1 aromatic heterocycles. The van der Waals surface area contributed by atoms with Crippen LogP contribution in [0.2, 0.25) is 0 Å². The molecule has 0 aliphatic rings. The average molecular weight is 210 g/mol. The normalized spacial score (nSPS) is 10.5. The number of nitrogens with zero attached hydrogens (tertiary/aromatic N) is 1. The van der Waals surface area contributed by atoms with Crippen LogP contribution in [-0.2, 0) is 5.88 Å². The molecule has 0 spiro atoms. The third-order valence-corrected chi connectivity index (χ3v) is 2.08. The zero-order chi connectivity index (χ0) is 8.27. The maximum atomic E-state index is 5.67. The van der Waals surface area contributed by atoms with Gasteiger partial charge < -0.3 is 0 Å². The second kappa shape index (κ2) is 4.15. The van der Waals surface area contributed by atoms with Crippen molar-refractivity contribution in [1.82, 2.24) is 4.98 Å². The van der Waals surface area contributed by atoms with Gasteiger partial charge in [-0.15, -0.1) is 34.8 Å². The van der Waals surface area contributed by atoms with Gasteiger partial charge >= 0.3 is 0 Å². The van der Waals surface area contributed by atoms with E-state index in [4.69, 9.17) is 34.8 Å². The van der Waals surface area contributed by atoms with E-state index < -0.39 is 4.84 Å². The van der Waals surface area contributed by atoms with E-state index in [2.05, 4.69) is 4.98 Å². The van der Waals surface area contributed by atoms with E-state index in [0.717, 1.165) is 11.1 Å². The van der Waals surface area contributed by atoms with E-state index in [1.54, 1.807) is 18.5 Å². The van der Waals surface area contributed by atoms with Crippen molar-refractivity contribution in [3.05, 3.63) is 29.6 Å². The fraction of sp³-hybridized carbons (Fsp3) is 0.286. The van der Waals surface area contributed by atoms with E-state index in [-0.39, 0.29) is 0 Å². The van der Waals surface area contributed by atoms with Crippen LogP contribution in [0.4, 0.5) is 0 Å². The van der Waals surface area contributed by atoms with Gasteiger partial charge in [0.1, 0.15) is 4.84 Å². The molecule has 11 heavy (non-hydrogen) atoms. The highest BCUT2D eigenvalue weighted by atomic mass is 35.5. The van der Waals surface area contributed by atoms with Gasteiger partial charge in [-0.3, -0.25) is 4.98 Å². The molecule has 0 N–H and O–H groups in total. The molecule has 0 unspecified atom stereocenters. The van der Waals surface area contributed by atoms with Crippen molar-refractivity contribution < 1.29 is 0 Å². The molecule has 1 nitrogen and oxygen atoms in total. The number of aromatic nitrogens is 1. The molecular formula is C7H6Cl3N. The number of hydrogen-bond acceptors (Lipinski definition) is 1. The molecule has 1 rings (SSSR count). The van der Waals surface area contributed by atoms with Crippen LogP contribution in [0.5, 0.6) is 0 Å². The zero-order valence-corrected chi connectivity index (χ0v) is 7.87. The lowest BCUT2D eigenvalue weighted by Crippen LogP contribution is -1.90. The van der Waals surface area contributed by atoms with E-state index in [0.29, 0.717) is 5.88 Å². The molecule has 60 valence electrons. The third-order valence-electron chi connectivity index (χ3n) is 1.32. The van der Waals surface area contributed by atoms with Crippen molar-refractivity contribution in [2.75, 3.05) is 0 Å². The van der Waals surface area contributed by atoms with E-state index in [1.807, 2.05) is 0 Å². The number of pyridine rings is 1. The van der Waals surface area contributed by atoms with Crippen LogP contribution < -0.4 is 0 Å². The smallest absolute Gasteiger partial charge is 0.133 e. The second-order valence-corrected chi connectivity index (χ2v) is 3.37. The number of halogens is 3. The molecule has 0 aliphatic carbocycles. The lowest BCUT2D eigenvalue weighted by molar-refractivity contribution is 1.16. The standard InChI is InChI=1S/C7H6Cl3N/c8-3-5-4-11-2-1-6(5)7(9)10/h1-2,4,7H,3H2. The van der Waals surface area contributed by atoms with Gasteiger partial charge in [0.25, 0.3) is 0 Å². The first-order chi connectivity index (χ1) is 5.25. The number of rotatable bonds is 2. The van der Waals surface area contributed by atoms with Gasteiger partial charge in [-0.2, -0.15) is 0 Å². The highest BCUT2D eigenvalue weighted by Gasteiger charge is 2.07. The zero-order valence-electron chi connectivity index (χ0n) is 5.60. The van der Waals surface area contributed by atoms with Crippen LogP contribution in [0.15, 0.2) is 18.5 Å². The maximum absolute atomic E-state index is 5.67. The van der Waals surface area contributed by atoms with E-state index >= 15 is 0 Å². The summed E-state index contributed by atoms with van der Waals surface area (Å²) in [5.41, 5.74) is 1.71. The van der Waals surface area contributed by atoms with Crippen LogP contribution in [0.25, 0.3) is 0 Å². The monoisotopic (exact) mass is 209 g/mol. The Bertz CT molecular complexity index is 237. The SMILES string of the molecule is ClCc1cnccc1C(Cl)Cl. The predicted molar refractivity (Wildman–Crippen MR) is 48.2 cm³/mol. The van der Waals surface area contributed by atoms with Crippen LogP contribution in [0.3, 0.4) is 0 Å². The van der Waals surface area contributed by atoms with Gasteiger partial charge in [0.2, 0.25) is 0 Å². The van der Waals surface area contributed by atoms with Crippen LogP contribution in [0.1, 0.15) is 16.0 Å². The summed E-state index contributed by atoms with van der Waals surface area (Å²) in [7, 11) is 0. The summed E-state index contributed by atoms with van der Waals surface area (Å²) in [4.78, 5) is 3.38. The Kier molecular flexibility index (Phi) is 3.44. The topological polar surface area (TPSA) is 12.9 Å². The largest absolute Gasteiger partial charge is 0.264 e. The molecule has 0 fully saturated rings. The Morgan fingerprint density at radius 3 is 2.64 bits per heavy atom. The van der Waals surface area contributed by atoms with Crippen molar-refractivity contribution in [2.24, 2.45) is 0 Å². The fourth-order valence-electron chi connectivity index (χ4n) is 0.762. The van der Waals surface area contributed by atoms with Gasteiger partial charge in [-0.25, -0.2) is 0 Å². The van der Waals surface area contributed by atoms with Gasteiger partial charge in [0.05, 0.1) is 0 Å². The molecular weight excluding hydrogens is 204 g/mol. The minimum Gasteiger partial charge on any atom is -0.264 e. The van der Waals surface area contributed by atoms with Gasteiger partial charge in [0, 0.05) is 18.3 Å². The Hall–Kier alpha value is 0.0200. The summed E-state index contributed by atoms with van der Waals surface area (Å²) in [5, 5.41) is 0. The fourth-order valence-corrected chi connectivity index (χ4v) is 1.41. The van der Waals surface area contributed by atoms with Crippen molar-refractivity contribution in [3.63, 3.8) is 0 Å². The molecule has 0 saturated carbocycles. The maximum Gasteiger partial charge on any atom is 0.133 e. The van der Waals surface area contributed by atoms with Crippen LogP contribution in [-0.4, -0.2) is 4.98 Å². The Labute approximate surface area is 80.3 Å². The van der Waals surface area contributed by atoms with Gasteiger partial charge in [-0.1, -0.05) is 0 Å². The summed E-state index contributed by atoms with van der Waals surface area (Å²) in [5.74, 6) is 0.388. The quantitative estimate of drug-likeness (QED) is 0.683. The van der Waals surface area contributed by atoms with Crippen molar-refractivity contribution in [1.29, 1.82) is 0 Å². The third kappa shape index (κ3) is 2.22. The molecule has 0 saturated heterocycles. The van der Waals surface area contributed by atoms with Crippen molar-refractivity contribution in [2.45, 2.75) is 10.7 Å². The molecule has 0 amide bonds. The van der Waals surface area contributed by atoms with Gasteiger partial charge in [0.15, 0.2) is 0 Å².